The van der Waals surface area contributed by atoms with Crippen molar-refractivity contribution in [1.82, 2.24) is 5.32 Å². The summed E-state index contributed by atoms with van der Waals surface area (Å²) in [5.41, 5.74) is 2.49. The van der Waals surface area contributed by atoms with Crippen LogP contribution in [0.1, 0.15) is 33.8 Å². The van der Waals surface area contributed by atoms with Gasteiger partial charge < -0.3 is 10.4 Å². The largest absolute Gasteiger partial charge is 0.478 e. The van der Waals surface area contributed by atoms with Gasteiger partial charge in [0.2, 0.25) is 5.91 Å². The second kappa shape index (κ2) is 7.18. The predicted octanol–water partition coefficient (Wildman–Crippen LogP) is 3.61. The van der Waals surface area contributed by atoms with Crippen molar-refractivity contribution in [2.45, 2.75) is 18.8 Å². The highest BCUT2D eigenvalue weighted by Gasteiger charge is 2.43. The molecular weight excluding hydrogens is 370 g/mol. The molecule has 2 atom stereocenters. The SMILES string of the molecule is O=C(O)c1ccc(CCNC(=O)C2CC2c2cccc(Br)c2)cc1. The van der Waals surface area contributed by atoms with Crippen molar-refractivity contribution in [2.75, 3.05) is 6.54 Å². The highest BCUT2D eigenvalue weighted by Crippen LogP contribution is 2.47. The molecule has 0 saturated heterocycles. The van der Waals surface area contributed by atoms with Gasteiger partial charge in [-0.2, -0.15) is 0 Å². The van der Waals surface area contributed by atoms with Gasteiger partial charge in [0.25, 0.3) is 0 Å². The van der Waals surface area contributed by atoms with Crippen molar-refractivity contribution < 1.29 is 14.7 Å². The Bertz CT molecular complexity index is 757. The number of carbonyl (C=O) groups is 2. The van der Waals surface area contributed by atoms with Gasteiger partial charge in [0, 0.05) is 16.9 Å². The zero-order valence-corrected chi connectivity index (χ0v) is 14.6. The first kappa shape index (κ1) is 16.7. The number of carboxylic acid groups (broad SMARTS) is 1. The summed E-state index contributed by atoms with van der Waals surface area (Å²) < 4.78 is 1.04. The van der Waals surface area contributed by atoms with Crippen LogP contribution in [0.25, 0.3) is 0 Å². The fourth-order valence-corrected chi connectivity index (χ4v) is 3.28. The molecule has 1 saturated carbocycles. The molecule has 1 fully saturated rings. The lowest BCUT2D eigenvalue weighted by Gasteiger charge is -2.06. The summed E-state index contributed by atoms with van der Waals surface area (Å²) in [7, 11) is 0. The summed E-state index contributed by atoms with van der Waals surface area (Å²) in [4.78, 5) is 23.0. The van der Waals surface area contributed by atoms with E-state index in [4.69, 9.17) is 5.11 Å². The molecule has 2 aromatic carbocycles. The second-order valence-electron chi connectivity index (χ2n) is 6.05. The third kappa shape index (κ3) is 4.03. The molecule has 3 rings (SSSR count). The van der Waals surface area contributed by atoms with Crippen molar-refractivity contribution in [3.63, 3.8) is 0 Å². The van der Waals surface area contributed by atoms with E-state index in [0.717, 1.165) is 16.5 Å². The zero-order valence-electron chi connectivity index (χ0n) is 13.0. The molecule has 2 N–H and O–H groups in total. The lowest BCUT2D eigenvalue weighted by atomic mass is 10.1. The third-order valence-electron chi connectivity index (χ3n) is 4.32. The average molecular weight is 388 g/mol. The second-order valence-corrected chi connectivity index (χ2v) is 6.96. The van der Waals surface area contributed by atoms with Gasteiger partial charge in [-0.15, -0.1) is 0 Å². The Hall–Kier alpha value is -2.14. The molecule has 0 radical (unpaired) electrons. The Morgan fingerprint density at radius 2 is 1.92 bits per heavy atom. The summed E-state index contributed by atoms with van der Waals surface area (Å²) >= 11 is 3.46. The third-order valence-corrected chi connectivity index (χ3v) is 4.81. The number of amides is 1. The normalized spacial score (nSPS) is 18.9. The Kier molecular flexibility index (Phi) is 5.00. The maximum atomic E-state index is 12.2. The molecule has 1 aliphatic carbocycles. The van der Waals surface area contributed by atoms with E-state index in [-0.39, 0.29) is 17.4 Å². The van der Waals surface area contributed by atoms with Crippen LogP contribution in [0.15, 0.2) is 53.0 Å². The van der Waals surface area contributed by atoms with Gasteiger partial charge in [0.15, 0.2) is 0 Å². The average Bonchev–Trinajstić information content (AvgIpc) is 3.36. The van der Waals surface area contributed by atoms with Gasteiger partial charge in [0.05, 0.1) is 5.56 Å². The van der Waals surface area contributed by atoms with E-state index in [2.05, 4.69) is 33.4 Å². The first-order valence-electron chi connectivity index (χ1n) is 7.90. The van der Waals surface area contributed by atoms with Crippen molar-refractivity contribution in [1.29, 1.82) is 0 Å². The van der Waals surface area contributed by atoms with Crippen LogP contribution in [0, 0.1) is 5.92 Å². The van der Waals surface area contributed by atoms with Crippen molar-refractivity contribution in [2.24, 2.45) is 5.92 Å². The summed E-state index contributed by atoms with van der Waals surface area (Å²) in [5.74, 6) is -0.449. The molecule has 4 nitrogen and oxygen atoms in total. The minimum Gasteiger partial charge on any atom is -0.478 e. The Morgan fingerprint density at radius 3 is 2.58 bits per heavy atom. The monoisotopic (exact) mass is 387 g/mol. The Morgan fingerprint density at radius 1 is 1.17 bits per heavy atom. The fourth-order valence-electron chi connectivity index (χ4n) is 2.87. The predicted molar refractivity (Wildman–Crippen MR) is 95.1 cm³/mol. The molecule has 0 bridgehead atoms. The smallest absolute Gasteiger partial charge is 0.335 e. The van der Waals surface area contributed by atoms with Crippen molar-refractivity contribution in [3.8, 4) is 0 Å². The van der Waals surface area contributed by atoms with Crippen LogP contribution < -0.4 is 5.32 Å². The minimum atomic E-state index is -0.929. The number of carbonyl (C=O) groups excluding carboxylic acids is 1. The molecular formula is C19H18BrNO3. The van der Waals surface area contributed by atoms with Gasteiger partial charge in [-0.05, 0) is 54.2 Å². The van der Waals surface area contributed by atoms with Crippen LogP contribution in [-0.4, -0.2) is 23.5 Å². The number of aromatic carboxylic acids is 1. The van der Waals surface area contributed by atoms with Crippen LogP contribution in [0.5, 0.6) is 0 Å². The molecule has 0 spiro atoms. The molecule has 1 amide bonds. The highest BCUT2D eigenvalue weighted by molar-refractivity contribution is 9.10. The van der Waals surface area contributed by atoms with Gasteiger partial charge in [0.1, 0.15) is 0 Å². The standard InChI is InChI=1S/C19H18BrNO3/c20-15-3-1-2-14(10-15)16-11-17(16)18(22)21-9-8-12-4-6-13(7-5-12)19(23)24/h1-7,10,16-17H,8-9,11H2,(H,21,22)(H,23,24). The summed E-state index contributed by atoms with van der Waals surface area (Å²) in [5, 5.41) is 11.8. The van der Waals surface area contributed by atoms with Gasteiger partial charge in [-0.3, -0.25) is 4.79 Å². The molecule has 24 heavy (non-hydrogen) atoms. The van der Waals surface area contributed by atoms with Gasteiger partial charge in [-0.25, -0.2) is 4.79 Å². The number of benzene rings is 2. The summed E-state index contributed by atoms with van der Waals surface area (Å²) in [6, 6.07) is 14.9. The van der Waals surface area contributed by atoms with E-state index in [1.165, 1.54) is 5.56 Å². The first-order valence-corrected chi connectivity index (χ1v) is 8.69. The van der Waals surface area contributed by atoms with Crippen LogP contribution in [-0.2, 0) is 11.2 Å². The topological polar surface area (TPSA) is 66.4 Å². The van der Waals surface area contributed by atoms with Crippen LogP contribution in [0.2, 0.25) is 0 Å². The molecule has 1 aliphatic rings. The van der Waals surface area contributed by atoms with E-state index in [0.29, 0.717) is 18.9 Å². The molecule has 2 unspecified atom stereocenters. The molecule has 0 heterocycles. The van der Waals surface area contributed by atoms with E-state index in [9.17, 15) is 9.59 Å². The lowest BCUT2D eigenvalue weighted by Crippen LogP contribution is -2.27. The number of hydrogen-bond acceptors (Lipinski definition) is 2. The highest BCUT2D eigenvalue weighted by atomic mass is 79.9. The molecule has 2 aromatic rings. The number of rotatable bonds is 6. The maximum absolute atomic E-state index is 12.2. The Labute approximate surface area is 149 Å². The number of halogens is 1. The van der Waals surface area contributed by atoms with Gasteiger partial charge in [-0.1, -0.05) is 40.2 Å². The van der Waals surface area contributed by atoms with E-state index in [1.807, 2.05) is 12.1 Å². The molecule has 5 heteroatoms. The zero-order chi connectivity index (χ0) is 17.1. The minimum absolute atomic E-state index is 0.0636. The molecule has 0 aromatic heterocycles. The number of nitrogens with one attached hydrogen (secondary N) is 1. The van der Waals surface area contributed by atoms with Gasteiger partial charge >= 0.3 is 5.97 Å². The summed E-state index contributed by atoms with van der Waals surface area (Å²) in [6.45, 7) is 0.562. The van der Waals surface area contributed by atoms with E-state index < -0.39 is 5.97 Å². The molecule has 124 valence electrons. The number of carboxylic acids is 1. The fraction of sp³-hybridized carbons (Fsp3) is 0.263. The maximum Gasteiger partial charge on any atom is 0.335 e. The first-order chi connectivity index (χ1) is 11.5. The van der Waals surface area contributed by atoms with Crippen LogP contribution in [0.4, 0.5) is 0 Å². The van der Waals surface area contributed by atoms with Crippen molar-refractivity contribution >= 4 is 27.8 Å². The van der Waals surface area contributed by atoms with Crippen molar-refractivity contribution in [3.05, 3.63) is 69.7 Å². The quantitative estimate of drug-likeness (QED) is 0.795. The molecule has 0 aliphatic heterocycles. The Balaban J connectivity index is 1.46. The lowest BCUT2D eigenvalue weighted by molar-refractivity contribution is -0.122. The van der Waals surface area contributed by atoms with Crippen LogP contribution in [0.3, 0.4) is 0 Å². The van der Waals surface area contributed by atoms with Crippen LogP contribution >= 0.6 is 15.9 Å². The number of hydrogen-bond donors (Lipinski definition) is 2. The van der Waals surface area contributed by atoms with E-state index >= 15 is 0 Å². The van der Waals surface area contributed by atoms with E-state index in [1.54, 1.807) is 24.3 Å². The summed E-state index contributed by atoms with van der Waals surface area (Å²) in [6.07, 6.45) is 1.59.